The second-order valence-electron chi connectivity index (χ2n) is 13.0. The molecule has 1 aromatic heterocycles. The van der Waals surface area contributed by atoms with Crippen molar-refractivity contribution < 1.29 is 0 Å². The summed E-state index contributed by atoms with van der Waals surface area (Å²) in [6.07, 6.45) is 0. The predicted octanol–water partition coefficient (Wildman–Crippen LogP) is 12.0. The van der Waals surface area contributed by atoms with Crippen molar-refractivity contribution in [1.82, 2.24) is 0 Å². The van der Waals surface area contributed by atoms with Crippen LogP contribution in [0.5, 0.6) is 0 Å². The molecule has 0 amide bonds. The second kappa shape index (κ2) is 10.2. The first-order valence-corrected chi connectivity index (χ1v) is 16.7. The van der Waals surface area contributed by atoms with Crippen LogP contribution < -0.4 is 5.32 Å². The minimum atomic E-state index is -0.442. The van der Waals surface area contributed by atoms with Gasteiger partial charge in [0.15, 0.2) is 0 Å². The van der Waals surface area contributed by atoms with E-state index in [2.05, 4.69) is 156 Å². The van der Waals surface area contributed by atoms with E-state index >= 15 is 0 Å². The van der Waals surface area contributed by atoms with E-state index in [0.29, 0.717) is 0 Å². The van der Waals surface area contributed by atoms with Crippen molar-refractivity contribution >= 4 is 42.9 Å². The Bertz CT molecular complexity index is 2210. The van der Waals surface area contributed by atoms with Crippen LogP contribution in [-0.2, 0) is 5.41 Å². The monoisotopic (exact) mass is 599 g/mol. The van der Waals surface area contributed by atoms with Gasteiger partial charge in [-0.25, -0.2) is 0 Å². The molecule has 220 valence electrons. The topological polar surface area (TPSA) is 12.0 Å². The van der Waals surface area contributed by atoms with Crippen molar-refractivity contribution in [3.63, 3.8) is 0 Å². The molecule has 7 aromatic rings. The summed E-state index contributed by atoms with van der Waals surface area (Å²) in [6.45, 7) is 13.6. The second-order valence-corrected chi connectivity index (χ2v) is 14.1. The highest BCUT2D eigenvalue weighted by Gasteiger charge is 2.49. The molecule has 1 aliphatic rings. The predicted molar refractivity (Wildman–Crippen MR) is 195 cm³/mol. The molecular formula is C43H37NS. The third kappa shape index (κ3) is 4.05. The molecule has 45 heavy (non-hydrogen) atoms. The third-order valence-electron chi connectivity index (χ3n) is 9.83. The lowest BCUT2D eigenvalue weighted by molar-refractivity contribution is 0.739. The highest BCUT2D eigenvalue weighted by Crippen LogP contribution is 2.60. The van der Waals surface area contributed by atoms with Crippen LogP contribution in [0.2, 0.25) is 0 Å². The van der Waals surface area contributed by atoms with E-state index < -0.39 is 5.41 Å². The number of benzene rings is 6. The van der Waals surface area contributed by atoms with E-state index in [4.69, 9.17) is 0 Å². The summed E-state index contributed by atoms with van der Waals surface area (Å²) >= 11 is 1.86. The molecule has 1 nitrogen and oxygen atoms in total. The van der Waals surface area contributed by atoms with Crippen molar-refractivity contribution in [2.24, 2.45) is 0 Å². The fourth-order valence-corrected chi connectivity index (χ4v) is 9.74. The van der Waals surface area contributed by atoms with E-state index in [0.717, 1.165) is 11.4 Å². The zero-order chi connectivity index (χ0) is 31.0. The van der Waals surface area contributed by atoms with E-state index in [9.17, 15) is 0 Å². The molecule has 1 aliphatic carbocycles. The number of aryl methyl sites for hydroxylation is 6. The maximum Gasteiger partial charge on any atom is 0.0724 e. The molecule has 0 spiro atoms. The SMILES string of the molecule is Cc1cc(C)c(C2(c3c(C)cc(C)cc3C)c3ccccc3-c3c(Nc4ccc5c(c4)sc4ccccc45)cccc32)c(C)c1. The van der Waals surface area contributed by atoms with Gasteiger partial charge in [-0.3, -0.25) is 0 Å². The summed E-state index contributed by atoms with van der Waals surface area (Å²) in [5.74, 6) is 0. The summed E-state index contributed by atoms with van der Waals surface area (Å²) in [6, 6.07) is 41.0. The minimum Gasteiger partial charge on any atom is -0.355 e. The van der Waals surface area contributed by atoms with Gasteiger partial charge in [0.25, 0.3) is 0 Å². The summed E-state index contributed by atoms with van der Waals surface area (Å²) in [5.41, 5.74) is 17.9. The molecule has 0 atom stereocenters. The van der Waals surface area contributed by atoms with Crippen LogP contribution in [0.25, 0.3) is 31.3 Å². The van der Waals surface area contributed by atoms with Gasteiger partial charge in [0.2, 0.25) is 0 Å². The maximum atomic E-state index is 3.91. The summed E-state index contributed by atoms with van der Waals surface area (Å²) in [4.78, 5) is 0. The number of nitrogens with one attached hydrogen (secondary N) is 1. The lowest BCUT2D eigenvalue weighted by Crippen LogP contribution is -2.32. The molecule has 1 N–H and O–H groups in total. The van der Waals surface area contributed by atoms with E-state index in [1.54, 1.807) is 0 Å². The van der Waals surface area contributed by atoms with Crippen LogP contribution in [0.1, 0.15) is 55.6 Å². The zero-order valence-electron chi connectivity index (χ0n) is 26.8. The Hall–Kier alpha value is -4.66. The first-order valence-electron chi connectivity index (χ1n) is 15.9. The molecule has 0 unspecified atom stereocenters. The van der Waals surface area contributed by atoms with Crippen LogP contribution in [0, 0.1) is 41.5 Å². The van der Waals surface area contributed by atoms with Gasteiger partial charge in [-0.05, 0) is 116 Å². The summed E-state index contributed by atoms with van der Waals surface area (Å²) < 4.78 is 2.64. The third-order valence-corrected chi connectivity index (χ3v) is 11.0. The molecule has 8 rings (SSSR count). The van der Waals surface area contributed by atoms with Gasteiger partial charge in [0.1, 0.15) is 0 Å². The minimum absolute atomic E-state index is 0.442. The Balaban J connectivity index is 1.42. The quantitative estimate of drug-likeness (QED) is 0.212. The van der Waals surface area contributed by atoms with Gasteiger partial charge in [-0.1, -0.05) is 96.1 Å². The molecule has 0 fully saturated rings. The fourth-order valence-electron chi connectivity index (χ4n) is 8.60. The largest absolute Gasteiger partial charge is 0.355 e. The molecule has 0 saturated carbocycles. The average molecular weight is 600 g/mol. The summed E-state index contributed by atoms with van der Waals surface area (Å²) in [5, 5.41) is 6.55. The van der Waals surface area contributed by atoms with Crippen molar-refractivity contribution in [3.8, 4) is 11.1 Å². The Kier molecular flexibility index (Phi) is 6.31. The van der Waals surface area contributed by atoms with Gasteiger partial charge < -0.3 is 5.32 Å². The average Bonchev–Trinajstić information content (AvgIpc) is 3.50. The molecular weight excluding hydrogens is 563 g/mol. The molecule has 0 aliphatic heterocycles. The van der Waals surface area contributed by atoms with Gasteiger partial charge >= 0.3 is 0 Å². The van der Waals surface area contributed by atoms with Crippen LogP contribution >= 0.6 is 11.3 Å². The lowest BCUT2D eigenvalue weighted by atomic mass is 9.63. The maximum absolute atomic E-state index is 3.91. The summed E-state index contributed by atoms with van der Waals surface area (Å²) in [7, 11) is 0. The van der Waals surface area contributed by atoms with Gasteiger partial charge in [0.05, 0.1) is 5.41 Å². The van der Waals surface area contributed by atoms with Crippen molar-refractivity contribution in [2.75, 3.05) is 5.32 Å². The molecule has 2 heteroatoms. The normalized spacial score (nSPS) is 13.3. The first-order chi connectivity index (χ1) is 21.8. The lowest BCUT2D eigenvalue weighted by Gasteiger charge is -2.39. The molecule has 0 bridgehead atoms. The van der Waals surface area contributed by atoms with Crippen LogP contribution in [-0.4, -0.2) is 0 Å². The molecule has 0 saturated heterocycles. The number of hydrogen-bond donors (Lipinski definition) is 1. The van der Waals surface area contributed by atoms with Crippen LogP contribution in [0.4, 0.5) is 11.4 Å². The van der Waals surface area contributed by atoms with Crippen LogP contribution in [0.15, 0.2) is 109 Å². The number of hydrogen-bond acceptors (Lipinski definition) is 2. The highest BCUT2D eigenvalue weighted by atomic mass is 32.1. The zero-order valence-corrected chi connectivity index (χ0v) is 27.6. The van der Waals surface area contributed by atoms with Crippen LogP contribution in [0.3, 0.4) is 0 Å². The number of fused-ring (bicyclic) bond motifs is 6. The van der Waals surface area contributed by atoms with Crippen molar-refractivity contribution in [3.05, 3.63) is 165 Å². The molecule has 6 aromatic carbocycles. The Morgan fingerprint density at radius 3 is 1.78 bits per heavy atom. The first kappa shape index (κ1) is 27.9. The Morgan fingerprint density at radius 2 is 1.09 bits per heavy atom. The molecule has 0 radical (unpaired) electrons. The van der Waals surface area contributed by atoms with Crippen molar-refractivity contribution in [1.29, 1.82) is 0 Å². The van der Waals surface area contributed by atoms with Crippen molar-refractivity contribution in [2.45, 2.75) is 47.0 Å². The Morgan fingerprint density at radius 1 is 0.511 bits per heavy atom. The number of thiophene rings is 1. The van der Waals surface area contributed by atoms with Gasteiger partial charge in [-0.2, -0.15) is 0 Å². The number of anilines is 2. The van der Waals surface area contributed by atoms with E-state index in [1.807, 2.05) is 11.3 Å². The standard InChI is InChI=1S/C43H37NS/c1-25-20-27(3)41(28(4)21-25)43(42-29(5)22-26(2)23-30(42)6)35-14-9-7-13-34(35)40-36(43)15-11-16-37(40)44-31-18-19-33-32-12-8-10-17-38(32)45-39(33)24-31/h7-24,44H,1-6H3. The fraction of sp³-hybridized carbons (Fsp3) is 0.163. The van der Waals surface area contributed by atoms with E-state index in [1.165, 1.54) is 86.9 Å². The molecule has 1 heterocycles. The van der Waals surface area contributed by atoms with E-state index in [-0.39, 0.29) is 0 Å². The van der Waals surface area contributed by atoms with Gasteiger partial charge in [-0.15, -0.1) is 11.3 Å². The van der Waals surface area contributed by atoms with Gasteiger partial charge in [0, 0.05) is 37.1 Å². The highest BCUT2D eigenvalue weighted by molar-refractivity contribution is 7.25. The number of rotatable bonds is 4. The Labute approximate surface area is 270 Å². The smallest absolute Gasteiger partial charge is 0.0724 e.